The highest BCUT2D eigenvalue weighted by Gasteiger charge is 2.44. The van der Waals surface area contributed by atoms with Crippen molar-refractivity contribution < 1.29 is 9.90 Å². The molecular weight excluding hydrogens is 284 g/mol. The van der Waals surface area contributed by atoms with Crippen LogP contribution in [0.1, 0.15) is 22.5 Å². The van der Waals surface area contributed by atoms with Gasteiger partial charge in [-0.05, 0) is 31.0 Å². The summed E-state index contributed by atoms with van der Waals surface area (Å²) in [5.41, 5.74) is 6.06. The number of nitrogens with one attached hydrogen (secondary N) is 1. The number of carbonyl (C=O) groups is 1. The van der Waals surface area contributed by atoms with Crippen molar-refractivity contribution in [1.29, 1.82) is 0 Å². The van der Waals surface area contributed by atoms with Gasteiger partial charge in [-0.25, -0.2) is 0 Å². The summed E-state index contributed by atoms with van der Waals surface area (Å²) in [5.74, 6) is -0.221. The minimum Gasteiger partial charge on any atom is -0.397 e. The number of benzene rings is 1. The SMILES string of the molecule is Nc1c(C(=O)NC2(CO)CC2)sc2cc(Cl)ccc12. The second-order valence-electron chi connectivity index (χ2n) is 4.88. The van der Waals surface area contributed by atoms with Crippen LogP contribution in [-0.4, -0.2) is 23.2 Å². The first-order valence-electron chi connectivity index (χ1n) is 5.95. The van der Waals surface area contributed by atoms with E-state index in [-0.39, 0.29) is 12.5 Å². The molecule has 0 saturated heterocycles. The average Bonchev–Trinajstić information content (AvgIpc) is 3.08. The molecule has 6 heteroatoms. The molecule has 1 aliphatic carbocycles. The average molecular weight is 297 g/mol. The van der Waals surface area contributed by atoms with Crippen LogP contribution in [0, 0.1) is 0 Å². The third kappa shape index (κ3) is 2.18. The molecule has 3 rings (SSSR count). The van der Waals surface area contributed by atoms with Gasteiger partial charge in [0.05, 0.1) is 17.8 Å². The number of hydrogen-bond acceptors (Lipinski definition) is 4. The number of aliphatic hydroxyl groups excluding tert-OH is 1. The molecule has 0 radical (unpaired) electrons. The molecule has 1 saturated carbocycles. The molecule has 0 bridgehead atoms. The van der Waals surface area contributed by atoms with E-state index in [4.69, 9.17) is 17.3 Å². The molecule has 0 spiro atoms. The lowest BCUT2D eigenvalue weighted by Gasteiger charge is -2.13. The standard InChI is InChI=1S/C13H13ClN2O2S/c14-7-1-2-8-9(5-7)19-11(10(8)15)12(18)16-13(6-17)3-4-13/h1-2,5,17H,3-4,6,15H2,(H,16,18). The Kier molecular flexibility index (Phi) is 2.92. The van der Waals surface area contributed by atoms with E-state index >= 15 is 0 Å². The van der Waals surface area contributed by atoms with Crippen molar-refractivity contribution in [2.75, 3.05) is 12.3 Å². The number of fused-ring (bicyclic) bond motifs is 1. The summed E-state index contributed by atoms with van der Waals surface area (Å²) >= 11 is 7.25. The fourth-order valence-electron chi connectivity index (χ4n) is 2.03. The zero-order chi connectivity index (χ0) is 13.6. The molecule has 1 aromatic heterocycles. The van der Waals surface area contributed by atoms with Crippen LogP contribution in [0.15, 0.2) is 18.2 Å². The van der Waals surface area contributed by atoms with Crippen molar-refractivity contribution in [2.24, 2.45) is 0 Å². The van der Waals surface area contributed by atoms with Gasteiger partial charge < -0.3 is 16.2 Å². The van der Waals surface area contributed by atoms with E-state index in [1.807, 2.05) is 6.07 Å². The highest BCUT2D eigenvalue weighted by Crippen LogP contribution is 2.38. The van der Waals surface area contributed by atoms with E-state index in [1.54, 1.807) is 12.1 Å². The summed E-state index contributed by atoms with van der Waals surface area (Å²) < 4.78 is 0.893. The summed E-state index contributed by atoms with van der Waals surface area (Å²) in [6, 6.07) is 5.37. The van der Waals surface area contributed by atoms with Crippen LogP contribution in [-0.2, 0) is 0 Å². The molecule has 0 atom stereocenters. The number of thiophene rings is 1. The van der Waals surface area contributed by atoms with Crippen LogP contribution >= 0.6 is 22.9 Å². The number of anilines is 1. The maximum atomic E-state index is 12.2. The molecular formula is C13H13ClN2O2S. The first-order valence-corrected chi connectivity index (χ1v) is 7.15. The van der Waals surface area contributed by atoms with E-state index in [0.29, 0.717) is 15.6 Å². The third-order valence-corrected chi connectivity index (χ3v) is 4.83. The Morgan fingerprint density at radius 1 is 1.53 bits per heavy atom. The maximum absolute atomic E-state index is 12.2. The molecule has 4 N–H and O–H groups in total. The number of hydrogen-bond donors (Lipinski definition) is 3. The lowest BCUT2D eigenvalue weighted by atomic mass is 10.2. The summed E-state index contributed by atoms with van der Waals surface area (Å²) in [6.07, 6.45) is 1.62. The third-order valence-electron chi connectivity index (χ3n) is 3.43. The number of nitrogens with two attached hydrogens (primary N) is 1. The van der Waals surface area contributed by atoms with Crippen LogP contribution < -0.4 is 11.1 Å². The van der Waals surface area contributed by atoms with Crippen LogP contribution in [0.25, 0.3) is 10.1 Å². The van der Waals surface area contributed by atoms with E-state index in [1.165, 1.54) is 11.3 Å². The largest absolute Gasteiger partial charge is 0.397 e. The minimum atomic E-state index is -0.433. The molecule has 1 amide bonds. The highest BCUT2D eigenvalue weighted by molar-refractivity contribution is 7.21. The van der Waals surface area contributed by atoms with Crippen molar-refractivity contribution in [2.45, 2.75) is 18.4 Å². The first-order chi connectivity index (χ1) is 9.04. The monoisotopic (exact) mass is 296 g/mol. The second-order valence-corrected chi connectivity index (χ2v) is 6.37. The zero-order valence-corrected chi connectivity index (χ0v) is 11.6. The van der Waals surface area contributed by atoms with Crippen molar-refractivity contribution in [3.63, 3.8) is 0 Å². The van der Waals surface area contributed by atoms with Gasteiger partial charge in [-0.15, -0.1) is 11.3 Å². The van der Waals surface area contributed by atoms with E-state index < -0.39 is 5.54 Å². The van der Waals surface area contributed by atoms with Gasteiger partial charge in [0, 0.05) is 15.1 Å². The Morgan fingerprint density at radius 2 is 2.26 bits per heavy atom. The summed E-state index contributed by atoms with van der Waals surface area (Å²) in [4.78, 5) is 12.7. The fourth-order valence-corrected chi connectivity index (χ4v) is 3.32. The smallest absolute Gasteiger partial charge is 0.264 e. The maximum Gasteiger partial charge on any atom is 0.264 e. The van der Waals surface area contributed by atoms with Crippen LogP contribution in [0.4, 0.5) is 5.69 Å². The molecule has 4 nitrogen and oxygen atoms in total. The van der Waals surface area contributed by atoms with Crippen LogP contribution in [0.3, 0.4) is 0 Å². The topological polar surface area (TPSA) is 75.4 Å². The molecule has 2 aromatic rings. The van der Waals surface area contributed by atoms with Crippen LogP contribution in [0.5, 0.6) is 0 Å². The minimum absolute atomic E-state index is 0.0324. The highest BCUT2D eigenvalue weighted by atomic mass is 35.5. The molecule has 1 aromatic carbocycles. The predicted octanol–water partition coefficient (Wildman–Crippen LogP) is 2.39. The lowest BCUT2D eigenvalue weighted by molar-refractivity contribution is 0.0912. The molecule has 19 heavy (non-hydrogen) atoms. The summed E-state index contributed by atoms with van der Waals surface area (Å²) in [7, 11) is 0. The van der Waals surface area contributed by atoms with E-state index in [9.17, 15) is 9.90 Å². The Balaban J connectivity index is 1.96. The number of rotatable bonds is 3. The van der Waals surface area contributed by atoms with Crippen molar-refractivity contribution in [1.82, 2.24) is 5.32 Å². The second kappa shape index (κ2) is 4.37. The lowest BCUT2D eigenvalue weighted by Crippen LogP contribution is -2.39. The van der Waals surface area contributed by atoms with Crippen LogP contribution in [0.2, 0.25) is 5.02 Å². The van der Waals surface area contributed by atoms with Gasteiger partial charge in [-0.2, -0.15) is 0 Å². The fraction of sp³-hybridized carbons (Fsp3) is 0.308. The molecule has 1 heterocycles. The quantitative estimate of drug-likeness (QED) is 0.814. The Hall–Kier alpha value is -1.30. The number of amides is 1. The Bertz CT molecular complexity index is 664. The molecule has 100 valence electrons. The first kappa shape index (κ1) is 12.7. The predicted molar refractivity (Wildman–Crippen MR) is 77.8 cm³/mol. The molecule has 1 aliphatic rings. The van der Waals surface area contributed by atoms with Gasteiger partial charge in [0.25, 0.3) is 5.91 Å². The molecule has 1 fully saturated rings. The van der Waals surface area contributed by atoms with Crippen molar-refractivity contribution in [3.8, 4) is 0 Å². The van der Waals surface area contributed by atoms with E-state index in [0.717, 1.165) is 22.9 Å². The van der Waals surface area contributed by atoms with Gasteiger partial charge in [0.15, 0.2) is 0 Å². The van der Waals surface area contributed by atoms with Crippen molar-refractivity contribution in [3.05, 3.63) is 28.1 Å². The van der Waals surface area contributed by atoms with Gasteiger partial charge >= 0.3 is 0 Å². The van der Waals surface area contributed by atoms with Gasteiger partial charge in [0.1, 0.15) is 4.88 Å². The Morgan fingerprint density at radius 3 is 2.89 bits per heavy atom. The van der Waals surface area contributed by atoms with Gasteiger partial charge in [-0.3, -0.25) is 4.79 Å². The molecule has 0 unspecified atom stereocenters. The molecule has 0 aliphatic heterocycles. The Labute approximate surface area is 119 Å². The number of halogens is 1. The van der Waals surface area contributed by atoms with Crippen molar-refractivity contribution >= 4 is 44.6 Å². The zero-order valence-electron chi connectivity index (χ0n) is 10.1. The van der Waals surface area contributed by atoms with E-state index in [2.05, 4.69) is 5.32 Å². The number of aliphatic hydroxyl groups is 1. The van der Waals surface area contributed by atoms with Gasteiger partial charge in [-0.1, -0.05) is 11.6 Å². The summed E-state index contributed by atoms with van der Waals surface area (Å²) in [5, 5.41) is 13.6. The number of carbonyl (C=O) groups excluding carboxylic acids is 1. The normalized spacial score (nSPS) is 16.5. The summed E-state index contributed by atoms with van der Waals surface area (Å²) in [6.45, 7) is -0.0324. The van der Waals surface area contributed by atoms with Gasteiger partial charge in [0.2, 0.25) is 0 Å². The number of nitrogen functional groups attached to an aromatic ring is 1.